The molecule has 3 nitrogen and oxygen atoms in total. The van der Waals surface area contributed by atoms with Gasteiger partial charge in [0.15, 0.2) is 7.14 Å². The van der Waals surface area contributed by atoms with E-state index in [1.54, 1.807) is 0 Å². The summed E-state index contributed by atoms with van der Waals surface area (Å²) >= 11 is 0. The van der Waals surface area contributed by atoms with Crippen LogP contribution in [0.2, 0.25) is 0 Å². The average molecular weight is 543 g/mol. The summed E-state index contributed by atoms with van der Waals surface area (Å²) in [6.45, 7) is 0. The lowest BCUT2D eigenvalue weighted by Crippen LogP contribution is -2.21. The Morgan fingerprint density at radius 3 is 1.93 bits per heavy atom. The van der Waals surface area contributed by atoms with Crippen LogP contribution in [0, 0.1) is 0 Å². The van der Waals surface area contributed by atoms with Gasteiger partial charge in [0, 0.05) is 26.7 Å². The number of pyridine rings is 1. The summed E-state index contributed by atoms with van der Waals surface area (Å²) in [4.78, 5) is 5.14. The van der Waals surface area contributed by atoms with Gasteiger partial charge in [0.25, 0.3) is 0 Å². The minimum atomic E-state index is -3.08. The first kappa shape index (κ1) is 22.8. The Morgan fingerprint density at radius 1 is 0.512 bits per heavy atom. The van der Waals surface area contributed by atoms with Crippen LogP contribution < -0.4 is 15.9 Å². The molecule has 2 aromatic heterocycles. The zero-order chi connectivity index (χ0) is 27.1. The molecule has 8 aromatic rings. The van der Waals surface area contributed by atoms with Crippen LogP contribution in [0.25, 0.3) is 60.6 Å². The first-order chi connectivity index (χ1) is 20.2. The predicted molar refractivity (Wildman–Crippen MR) is 172 cm³/mol. The van der Waals surface area contributed by atoms with E-state index in [1.807, 2.05) is 42.5 Å². The molecule has 0 N–H and O–H groups in total. The summed E-state index contributed by atoms with van der Waals surface area (Å²) in [6, 6.07) is 48.1. The lowest BCUT2D eigenvalue weighted by Gasteiger charge is -2.18. The molecule has 1 aliphatic rings. The second-order valence-corrected chi connectivity index (χ2v) is 13.4. The lowest BCUT2D eigenvalue weighted by atomic mass is 10.0. The minimum Gasteiger partial charge on any atom is -0.309 e. The average Bonchev–Trinajstić information content (AvgIpc) is 3.56. The van der Waals surface area contributed by atoms with E-state index >= 15 is 4.57 Å². The van der Waals surface area contributed by atoms with Crippen molar-refractivity contribution >= 4 is 61.4 Å². The molecular weight excluding hydrogens is 519 g/mol. The molecule has 0 fully saturated rings. The van der Waals surface area contributed by atoms with Crippen LogP contribution in [-0.2, 0) is 4.57 Å². The highest BCUT2D eigenvalue weighted by Crippen LogP contribution is 2.52. The van der Waals surface area contributed by atoms with E-state index in [0.717, 1.165) is 71.0 Å². The normalized spacial score (nSPS) is 13.7. The van der Waals surface area contributed by atoms with Crippen molar-refractivity contribution in [3.63, 3.8) is 0 Å². The maximum Gasteiger partial charge on any atom is 0.172 e. The minimum absolute atomic E-state index is 0.847. The monoisotopic (exact) mass is 542 g/mol. The number of hydrogen-bond acceptors (Lipinski definition) is 2. The van der Waals surface area contributed by atoms with Gasteiger partial charge in [0.1, 0.15) is 5.65 Å². The Morgan fingerprint density at radius 2 is 1.17 bits per heavy atom. The van der Waals surface area contributed by atoms with Gasteiger partial charge in [-0.2, -0.15) is 0 Å². The molecule has 0 spiro atoms. The molecule has 0 saturated carbocycles. The Labute approximate surface area is 236 Å². The number of benzene rings is 6. The SMILES string of the molecule is O=P1(c2ccc3c4ccccc4c4nc5ccc(-c6ccccc6)cc5n4c3c2)c2ccccc2-c2ccccc21. The van der Waals surface area contributed by atoms with Crippen molar-refractivity contribution in [1.29, 1.82) is 0 Å². The van der Waals surface area contributed by atoms with Gasteiger partial charge in [-0.05, 0) is 45.8 Å². The molecular formula is C37H23N2OP. The van der Waals surface area contributed by atoms with Crippen molar-refractivity contribution in [3.8, 4) is 22.3 Å². The van der Waals surface area contributed by atoms with Crippen molar-refractivity contribution in [3.05, 3.63) is 140 Å². The lowest BCUT2D eigenvalue weighted by molar-refractivity contribution is 0.593. The predicted octanol–water partition coefficient (Wildman–Crippen LogP) is 8.08. The zero-order valence-electron chi connectivity index (χ0n) is 22.0. The third kappa shape index (κ3) is 3.04. The quantitative estimate of drug-likeness (QED) is 0.163. The van der Waals surface area contributed by atoms with Crippen LogP contribution in [0.3, 0.4) is 0 Å². The van der Waals surface area contributed by atoms with E-state index in [9.17, 15) is 0 Å². The van der Waals surface area contributed by atoms with Gasteiger partial charge in [-0.25, -0.2) is 4.98 Å². The Balaban J connectivity index is 1.41. The van der Waals surface area contributed by atoms with Crippen molar-refractivity contribution < 1.29 is 4.57 Å². The van der Waals surface area contributed by atoms with E-state index in [4.69, 9.17) is 4.98 Å². The van der Waals surface area contributed by atoms with E-state index in [1.165, 1.54) is 5.56 Å². The molecule has 41 heavy (non-hydrogen) atoms. The third-order valence-corrected chi connectivity index (χ3v) is 11.7. The molecule has 0 bridgehead atoms. The number of hydrogen-bond donors (Lipinski definition) is 0. The Kier molecular flexibility index (Phi) is 4.60. The molecule has 9 rings (SSSR count). The Hall–Kier alpha value is -4.98. The smallest absolute Gasteiger partial charge is 0.172 e. The fourth-order valence-electron chi connectivity index (χ4n) is 6.71. The van der Waals surface area contributed by atoms with E-state index in [2.05, 4.69) is 101 Å². The van der Waals surface area contributed by atoms with E-state index in [0.29, 0.717) is 0 Å². The first-order valence-corrected chi connectivity index (χ1v) is 15.5. The highest BCUT2D eigenvalue weighted by atomic mass is 31.2. The molecule has 192 valence electrons. The number of rotatable bonds is 2. The standard InChI is InChI=1S/C37H23N2OP/c40-41(35-16-8-6-13-29(35)30-14-7-9-17-36(30)41)26-19-20-28-27-12-4-5-15-31(27)37-38-32-21-18-25(24-10-2-1-3-11-24)22-34(32)39(37)33(28)23-26/h1-23H. The summed E-state index contributed by atoms with van der Waals surface area (Å²) in [5, 5.41) is 6.05. The van der Waals surface area contributed by atoms with Crippen molar-refractivity contribution in [2.24, 2.45) is 0 Å². The second kappa shape index (κ2) is 8.27. The third-order valence-electron chi connectivity index (χ3n) is 8.58. The van der Waals surface area contributed by atoms with Gasteiger partial charge in [-0.1, -0.05) is 121 Å². The summed E-state index contributed by atoms with van der Waals surface area (Å²) in [6.07, 6.45) is 0. The van der Waals surface area contributed by atoms with Crippen LogP contribution in [0.5, 0.6) is 0 Å². The van der Waals surface area contributed by atoms with Gasteiger partial charge >= 0.3 is 0 Å². The fourth-order valence-corrected chi connectivity index (χ4v) is 9.78. The van der Waals surface area contributed by atoms with E-state index in [-0.39, 0.29) is 0 Å². The molecule has 0 atom stereocenters. The zero-order valence-corrected chi connectivity index (χ0v) is 22.9. The molecule has 0 saturated heterocycles. The number of nitrogens with zero attached hydrogens (tertiary/aromatic N) is 2. The summed E-state index contributed by atoms with van der Waals surface area (Å²) < 4.78 is 17.6. The van der Waals surface area contributed by atoms with Crippen LogP contribution in [0.1, 0.15) is 0 Å². The van der Waals surface area contributed by atoms with Crippen molar-refractivity contribution in [1.82, 2.24) is 9.38 Å². The number of aromatic nitrogens is 2. The molecule has 0 unspecified atom stereocenters. The fraction of sp³-hybridized carbons (Fsp3) is 0. The van der Waals surface area contributed by atoms with Gasteiger partial charge in [0.2, 0.25) is 0 Å². The van der Waals surface area contributed by atoms with Gasteiger partial charge in [-0.15, -0.1) is 0 Å². The molecule has 0 amide bonds. The summed E-state index contributed by atoms with van der Waals surface area (Å²) in [7, 11) is -3.08. The van der Waals surface area contributed by atoms with E-state index < -0.39 is 7.14 Å². The highest BCUT2D eigenvalue weighted by Gasteiger charge is 2.40. The van der Waals surface area contributed by atoms with Gasteiger partial charge in [0.05, 0.1) is 16.6 Å². The van der Waals surface area contributed by atoms with Gasteiger partial charge in [-0.3, -0.25) is 4.40 Å². The number of fused-ring (bicyclic) bond motifs is 11. The van der Waals surface area contributed by atoms with Crippen LogP contribution in [0.15, 0.2) is 140 Å². The van der Waals surface area contributed by atoms with Gasteiger partial charge < -0.3 is 4.57 Å². The highest BCUT2D eigenvalue weighted by molar-refractivity contribution is 7.86. The second-order valence-electron chi connectivity index (χ2n) is 10.7. The summed E-state index contributed by atoms with van der Waals surface area (Å²) in [5.41, 5.74) is 8.35. The molecule has 0 radical (unpaired) electrons. The van der Waals surface area contributed by atoms with Crippen LogP contribution in [-0.4, -0.2) is 9.38 Å². The maximum absolute atomic E-state index is 15.3. The Bertz CT molecular complexity index is 2360. The molecule has 3 heterocycles. The maximum atomic E-state index is 15.3. The number of imidazole rings is 1. The molecule has 0 aliphatic carbocycles. The van der Waals surface area contributed by atoms with Crippen LogP contribution in [0.4, 0.5) is 0 Å². The van der Waals surface area contributed by atoms with Crippen molar-refractivity contribution in [2.45, 2.75) is 0 Å². The molecule has 6 aromatic carbocycles. The first-order valence-electron chi connectivity index (χ1n) is 13.8. The summed E-state index contributed by atoms with van der Waals surface area (Å²) in [5.74, 6) is 0. The molecule has 1 aliphatic heterocycles. The van der Waals surface area contributed by atoms with Crippen molar-refractivity contribution in [2.75, 3.05) is 0 Å². The molecule has 4 heteroatoms. The largest absolute Gasteiger partial charge is 0.309 e. The van der Waals surface area contributed by atoms with Crippen LogP contribution >= 0.6 is 7.14 Å². The topological polar surface area (TPSA) is 34.4 Å².